The monoisotopic (exact) mass is 335 g/mol. The lowest BCUT2D eigenvalue weighted by Gasteiger charge is -2.37. The Balaban J connectivity index is 2.23. The quantitative estimate of drug-likeness (QED) is 0.837. The van der Waals surface area contributed by atoms with Crippen molar-refractivity contribution in [2.75, 3.05) is 26.6 Å². The highest BCUT2D eigenvalue weighted by molar-refractivity contribution is 5.99. The van der Waals surface area contributed by atoms with Crippen molar-refractivity contribution in [2.45, 2.75) is 38.2 Å². The Morgan fingerprint density at radius 3 is 2.58 bits per heavy atom. The number of anilines is 1. The first-order valence-electron chi connectivity index (χ1n) is 8.08. The van der Waals surface area contributed by atoms with Crippen molar-refractivity contribution >= 4 is 17.6 Å². The molecule has 1 fully saturated rings. The maximum atomic E-state index is 12.8. The van der Waals surface area contributed by atoms with E-state index in [9.17, 15) is 9.59 Å². The van der Waals surface area contributed by atoms with Crippen LogP contribution in [0, 0.1) is 5.92 Å². The van der Waals surface area contributed by atoms with Crippen LogP contribution in [0.25, 0.3) is 0 Å². The van der Waals surface area contributed by atoms with Crippen LogP contribution in [0.2, 0.25) is 0 Å². The first-order chi connectivity index (χ1) is 11.5. The zero-order valence-electron chi connectivity index (χ0n) is 14.7. The molecule has 1 saturated carbocycles. The van der Waals surface area contributed by atoms with Crippen LogP contribution in [0.15, 0.2) is 18.2 Å². The summed E-state index contributed by atoms with van der Waals surface area (Å²) in [6.45, 7) is 2.13. The summed E-state index contributed by atoms with van der Waals surface area (Å²) in [5.74, 6) is 0.131. The van der Waals surface area contributed by atoms with E-state index in [1.165, 1.54) is 14.2 Å². The Hall–Kier alpha value is -2.08. The number of esters is 1. The van der Waals surface area contributed by atoms with Gasteiger partial charge in [-0.15, -0.1) is 0 Å². The van der Waals surface area contributed by atoms with E-state index in [0.717, 1.165) is 12.8 Å². The van der Waals surface area contributed by atoms with Gasteiger partial charge in [0.1, 0.15) is 16.9 Å². The smallest absolute Gasteiger partial charge is 0.341 e. The van der Waals surface area contributed by atoms with Crippen molar-refractivity contribution in [3.63, 3.8) is 0 Å². The van der Waals surface area contributed by atoms with Crippen LogP contribution in [0.1, 0.15) is 43.0 Å². The number of amides is 1. The number of carbonyl (C=O) groups excluding carboxylic acids is 2. The molecule has 2 atom stereocenters. The molecular formula is C18H25NO5. The summed E-state index contributed by atoms with van der Waals surface area (Å²) in [7, 11) is 4.35. The van der Waals surface area contributed by atoms with Crippen molar-refractivity contribution in [2.24, 2.45) is 5.92 Å². The fourth-order valence-electron chi connectivity index (χ4n) is 3.29. The summed E-state index contributed by atoms with van der Waals surface area (Å²) in [6.07, 6.45) is 3.45. The molecule has 24 heavy (non-hydrogen) atoms. The van der Waals surface area contributed by atoms with Gasteiger partial charge in [-0.2, -0.15) is 0 Å². The molecule has 1 N–H and O–H groups in total. The lowest BCUT2D eigenvalue weighted by molar-refractivity contribution is -0.143. The predicted octanol–water partition coefficient (Wildman–Crippen LogP) is 3.02. The number of methoxy groups -OCH3 is 3. The Morgan fingerprint density at radius 1 is 1.25 bits per heavy atom. The molecule has 6 nitrogen and oxygen atoms in total. The Kier molecular flexibility index (Phi) is 5.83. The van der Waals surface area contributed by atoms with E-state index >= 15 is 0 Å². The highest BCUT2D eigenvalue weighted by atomic mass is 16.5. The lowest BCUT2D eigenvalue weighted by Crippen LogP contribution is -2.47. The molecular weight excluding hydrogens is 310 g/mol. The first-order valence-corrected chi connectivity index (χ1v) is 8.08. The van der Waals surface area contributed by atoms with Crippen LogP contribution in [-0.2, 0) is 14.3 Å². The summed E-state index contributed by atoms with van der Waals surface area (Å²) in [5, 5.41) is 2.87. The molecule has 1 aromatic carbocycles. The molecule has 2 rings (SSSR count). The molecule has 1 aromatic rings. The van der Waals surface area contributed by atoms with Gasteiger partial charge in [0.25, 0.3) is 5.91 Å². The highest BCUT2D eigenvalue weighted by Gasteiger charge is 2.42. The normalized spacial score (nSPS) is 23.4. The van der Waals surface area contributed by atoms with E-state index in [1.807, 2.05) is 0 Å². The minimum Gasteiger partial charge on any atom is -0.496 e. The van der Waals surface area contributed by atoms with Crippen molar-refractivity contribution in [3.05, 3.63) is 23.8 Å². The highest BCUT2D eigenvalue weighted by Crippen LogP contribution is 2.36. The zero-order chi connectivity index (χ0) is 17.7. The van der Waals surface area contributed by atoms with E-state index in [-0.39, 0.29) is 11.5 Å². The molecule has 1 aliphatic carbocycles. The molecule has 0 spiro atoms. The van der Waals surface area contributed by atoms with E-state index in [4.69, 9.17) is 14.2 Å². The number of hydrogen-bond donors (Lipinski definition) is 1. The van der Waals surface area contributed by atoms with Crippen LogP contribution in [0.4, 0.5) is 5.69 Å². The molecule has 132 valence electrons. The fraction of sp³-hybridized carbons (Fsp3) is 0.556. The van der Waals surface area contributed by atoms with Crippen LogP contribution < -0.4 is 10.1 Å². The average Bonchev–Trinajstić information content (AvgIpc) is 2.60. The molecule has 0 aliphatic heterocycles. The van der Waals surface area contributed by atoms with Crippen LogP contribution in [0.5, 0.6) is 5.75 Å². The second-order valence-electron chi connectivity index (χ2n) is 6.26. The summed E-state index contributed by atoms with van der Waals surface area (Å²) >= 11 is 0. The van der Waals surface area contributed by atoms with Gasteiger partial charge < -0.3 is 19.5 Å². The summed E-state index contributed by atoms with van der Waals surface area (Å²) < 4.78 is 15.5. The fourth-order valence-corrected chi connectivity index (χ4v) is 3.29. The largest absolute Gasteiger partial charge is 0.496 e. The average molecular weight is 335 g/mol. The number of carbonyl (C=O) groups is 2. The van der Waals surface area contributed by atoms with Gasteiger partial charge in [0.15, 0.2) is 0 Å². The SMILES string of the molecule is COC(=O)c1cc(NC(=O)C2(OC)CCCC(C)C2)ccc1OC. The molecule has 6 heteroatoms. The molecule has 1 aliphatic rings. The van der Waals surface area contributed by atoms with Crippen molar-refractivity contribution in [3.8, 4) is 5.75 Å². The number of rotatable bonds is 5. The van der Waals surface area contributed by atoms with Crippen LogP contribution in [-0.4, -0.2) is 38.8 Å². The van der Waals surface area contributed by atoms with Crippen molar-refractivity contribution in [1.29, 1.82) is 0 Å². The van der Waals surface area contributed by atoms with E-state index in [2.05, 4.69) is 12.2 Å². The van der Waals surface area contributed by atoms with Gasteiger partial charge in [-0.3, -0.25) is 4.79 Å². The Bertz CT molecular complexity index is 615. The van der Waals surface area contributed by atoms with Gasteiger partial charge in [-0.1, -0.05) is 13.3 Å². The van der Waals surface area contributed by atoms with Crippen molar-refractivity contribution in [1.82, 2.24) is 0 Å². The molecule has 0 heterocycles. The third kappa shape index (κ3) is 3.70. The van der Waals surface area contributed by atoms with E-state index < -0.39 is 11.6 Å². The van der Waals surface area contributed by atoms with E-state index in [0.29, 0.717) is 30.2 Å². The molecule has 1 amide bonds. The number of nitrogens with one attached hydrogen (secondary N) is 1. The summed E-state index contributed by atoms with van der Waals surface area (Å²) in [4.78, 5) is 24.6. The molecule has 0 radical (unpaired) electrons. The predicted molar refractivity (Wildman–Crippen MR) is 90.3 cm³/mol. The summed E-state index contributed by atoms with van der Waals surface area (Å²) in [5.41, 5.74) is -0.0413. The minimum absolute atomic E-state index is 0.183. The van der Waals surface area contributed by atoms with Gasteiger partial charge in [0, 0.05) is 12.8 Å². The maximum absolute atomic E-state index is 12.8. The number of hydrogen-bond acceptors (Lipinski definition) is 5. The van der Waals surface area contributed by atoms with Gasteiger partial charge in [0.05, 0.1) is 14.2 Å². The summed E-state index contributed by atoms with van der Waals surface area (Å²) in [6, 6.07) is 4.88. The molecule has 0 saturated heterocycles. The van der Waals surface area contributed by atoms with Crippen LogP contribution in [0.3, 0.4) is 0 Å². The van der Waals surface area contributed by atoms with Gasteiger partial charge >= 0.3 is 5.97 Å². The second kappa shape index (κ2) is 7.66. The van der Waals surface area contributed by atoms with Gasteiger partial charge in [-0.05, 0) is 43.4 Å². The maximum Gasteiger partial charge on any atom is 0.341 e. The minimum atomic E-state index is -0.816. The topological polar surface area (TPSA) is 73.9 Å². The lowest BCUT2D eigenvalue weighted by atomic mass is 9.78. The second-order valence-corrected chi connectivity index (χ2v) is 6.26. The first kappa shape index (κ1) is 18.3. The van der Waals surface area contributed by atoms with Crippen molar-refractivity contribution < 1.29 is 23.8 Å². The van der Waals surface area contributed by atoms with Gasteiger partial charge in [-0.25, -0.2) is 4.79 Å². The standard InChI is InChI=1S/C18H25NO5/c1-12-6-5-9-18(11-12,24-4)17(21)19-13-7-8-15(22-2)14(10-13)16(20)23-3/h7-8,10,12H,5-6,9,11H2,1-4H3,(H,19,21). The number of benzene rings is 1. The molecule has 2 unspecified atom stereocenters. The Labute approximate surface area is 142 Å². The third-order valence-electron chi connectivity index (χ3n) is 4.62. The van der Waals surface area contributed by atoms with Crippen LogP contribution >= 0.6 is 0 Å². The van der Waals surface area contributed by atoms with E-state index in [1.54, 1.807) is 25.3 Å². The number of ether oxygens (including phenoxy) is 3. The Morgan fingerprint density at radius 2 is 2.00 bits per heavy atom. The molecule has 0 aromatic heterocycles. The van der Waals surface area contributed by atoms with Gasteiger partial charge in [0.2, 0.25) is 0 Å². The third-order valence-corrected chi connectivity index (χ3v) is 4.62. The zero-order valence-corrected chi connectivity index (χ0v) is 14.7. The molecule has 0 bridgehead atoms.